The first-order chi connectivity index (χ1) is 17.0. The molecule has 0 unspecified atom stereocenters. The van der Waals surface area contributed by atoms with Crippen LogP contribution in [0.1, 0.15) is 19.3 Å². The van der Waals surface area contributed by atoms with Crippen LogP contribution in [0.15, 0.2) is 48.5 Å². The molecule has 10 nitrogen and oxygen atoms in total. The lowest BCUT2D eigenvalue weighted by Crippen LogP contribution is -2.52. The number of anilines is 3. The summed E-state index contributed by atoms with van der Waals surface area (Å²) in [6.07, 6.45) is 2.14. The van der Waals surface area contributed by atoms with Crippen molar-refractivity contribution in [3.8, 4) is 5.75 Å². The summed E-state index contributed by atoms with van der Waals surface area (Å²) in [7, 11) is 1.56. The van der Waals surface area contributed by atoms with Crippen molar-refractivity contribution in [1.82, 2.24) is 10.2 Å². The maximum atomic E-state index is 13.0. The lowest BCUT2D eigenvalue weighted by Gasteiger charge is -2.35. The molecule has 0 aromatic heterocycles. The van der Waals surface area contributed by atoms with Gasteiger partial charge in [-0.1, -0.05) is 12.1 Å². The Hall–Kier alpha value is -4.08. The van der Waals surface area contributed by atoms with E-state index in [9.17, 15) is 19.2 Å². The minimum atomic E-state index is -0.448. The Morgan fingerprint density at radius 1 is 1.00 bits per heavy atom. The van der Waals surface area contributed by atoms with Gasteiger partial charge >= 0.3 is 6.03 Å². The van der Waals surface area contributed by atoms with Gasteiger partial charge in [-0.3, -0.25) is 24.2 Å². The quantitative estimate of drug-likeness (QED) is 0.564. The zero-order valence-corrected chi connectivity index (χ0v) is 19.7. The molecule has 2 aliphatic rings. The van der Waals surface area contributed by atoms with Crippen LogP contribution in [0, 0.1) is 0 Å². The van der Waals surface area contributed by atoms with Gasteiger partial charge in [0.25, 0.3) is 0 Å². The third kappa shape index (κ3) is 5.71. The molecule has 0 spiro atoms. The number of rotatable bonds is 8. The smallest absolute Gasteiger partial charge is 0.326 e. The van der Waals surface area contributed by atoms with E-state index in [1.165, 1.54) is 9.80 Å². The maximum absolute atomic E-state index is 13.0. The van der Waals surface area contributed by atoms with Gasteiger partial charge in [0, 0.05) is 31.7 Å². The van der Waals surface area contributed by atoms with E-state index >= 15 is 0 Å². The van der Waals surface area contributed by atoms with E-state index in [0.717, 1.165) is 13.0 Å². The van der Waals surface area contributed by atoms with Crippen molar-refractivity contribution in [3.05, 3.63) is 48.5 Å². The molecule has 2 N–H and O–H groups in total. The highest BCUT2D eigenvalue weighted by Gasteiger charge is 2.33. The number of fused-ring (bicyclic) bond motifs is 1. The van der Waals surface area contributed by atoms with Crippen molar-refractivity contribution in [2.45, 2.75) is 19.3 Å². The molecular weight excluding hydrogens is 450 g/mol. The molecule has 1 saturated heterocycles. The van der Waals surface area contributed by atoms with Crippen LogP contribution in [-0.4, -0.2) is 68.5 Å². The van der Waals surface area contributed by atoms with Crippen molar-refractivity contribution in [3.63, 3.8) is 0 Å². The number of nitrogens with zero attached hydrogens (tertiary/aromatic N) is 3. The average molecular weight is 480 g/mol. The maximum Gasteiger partial charge on any atom is 0.326 e. The van der Waals surface area contributed by atoms with E-state index in [0.29, 0.717) is 48.7 Å². The molecule has 0 aliphatic carbocycles. The minimum Gasteiger partial charge on any atom is -0.497 e. The molecular formula is C25H29N5O5. The fourth-order valence-corrected chi connectivity index (χ4v) is 4.22. The molecule has 2 aromatic carbocycles. The Morgan fingerprint density at radius 3 is 2.43 bits per heavy atom. The Morgan fingerprint density at radius 2 is 1.74 bits per heavy atom. The van der Waals surface area contributed by atoms with Crippen LogP contribution in [0.4, 0.5) is 21.9 Å². The first-order valence-corrected chi connectivity index (χ1v) is 11.6. The number of carbonyl (C=O) groups excluding carboxylic acids is 4. The number of benzene rings is 2. The van der Waals surface area contributed by atoms with Crippen LogP contribution >= 0.6 is 0 Å². The van der Waals surface area contributed by atoms with Gasteiger partial charge in [-0.25, -0.2) is 4.79 Å². The van der Waals surface area contributed by atoms with Crippen molar-refractivity contribution >= 4 is 40.8 Å². The van der Waals surface area contributed by atoms with E-state index in [4.69, 9.17) is 4.74 Å². The van der Waals surface area contributed by atoms with E-state index in [-0.39, 0.29) is 30.8 Å². The SMILES string of the molecule is COc1ccc(NC(=O)N2CC(=O)N(CC(=O)NCCCN3CCCC3=O)c3ccccc32)cc1. The van der Waals surface area contributed by atoms with Crippen molar-refractivity contribution < 1.29 is 23.9 Å². The summed E-state index contributed by atoms with van der Waals surface area (Å²) >= 11 is 0. The predicted octanol–water partition coefficient (Wildman–Crippen LogP) is 2.21. The Bertz CT molecular complexity index is 1100. The van der Waals surface area contributed by atoms with Crippen LogP contribution in [0.2, 0.25) is 0 Å². The number of carbonyl (C=O) groups is 4. The molecule has 2 aromatic rings. The molecule has 0 saturated carbocycles. The third-order valence-electron chi connectivity index (χ3n) is 6.04. The van der Waals surface area contributed by atoms with Gasteiger partial charge in [-0.05, 0) is 49.2 Å². The second-order valence-corrected chi connectivity index (χ2v) is 8.40. The second kappa shape index (κ2) is 10.9. The number of ether oxygens (including phenoxy) is 1. The predicted molar refractivity (Wildman–Crippen MR) is 132 cm³/mol. The average Bonchev–Trinajstić information content (AvgIpc) is 3.28. The van der Waals surface area contributed by atoms with Gasteiger partial charge in [0.15, 0.2) is 0 Å². The first kappa shape index (κ1) is 24.1. The lowest BCUT2D eigenvalue weighted by molar-refractivity contribution is -0.127. The number of urea groups is 1. The first-order valence-electron chi connectivity index (χ1n) is 11.6. The topological polar surface area (TPSA) is 111 Å². The summed E-state index contributed by atoms with van der Waals surface area (Å²) in [4.78, 5) is 54.7. The van der Waals surface area contributed by atoms with Gasteiger partial charge in [-0.2, -0.15) is 0 Å². The summed E-state index contributed by atoms with van der Waals surface area (Å²) in [5, 5.41) is 5.62. The highest BCUT2D eigenvalue weighted by atomic mass is 16.5. The fraction of sp³-hybridized carbons (Fsp3) is 0.360. The fourth-order valence-electron chi connectivity index (χ4n) is 4.22. The van der Waals surface area contributed by atoms with E-state index in [2.05, 4.69) is 10.6 Å². The lowest BCUT2D eigenvalue weighted by atomic mass is 10.1. The van der Waals surface area contributed by atoms with Gasteiger partial charge in [0.2, 0.25) is 17.7 Å². The highest BCUT2D eigenvalue weighted by molar-refractivity contribution is 6.15. The van der Waals surface area contributed by atoms with Crippen molar-refractivity contribution in [2.24, 2.45) is 0 Å². The second-order valence-electron chi connectivity index (χ2n) is 8.40. The Balaban J connectivity index is 1.36. The van der Waals surface area contributed by atoms with Crippen LogP contribution < -0.4 is 25.2 Å². The number of para-hydroxylation sites is 2. The van der Waals surface area contributed by atoms with Gasteiger partial charge in [0.05, 0.1) is 18.5 Å². The van der Waals surface area contributed by atoms with Crippen LogP contribution in [0.5, 0.6) is 5.75 Å². The van der Waals surface area contributed by atoms with Crippen molar-refractivity contribution in [2.75, 3.05) is 55.0 Å². The number of hydrogen-bond acceptors (Lipinski definition) is 5. The van der Waals surface area contributed by atoms with Gasteiger partial charge in [0.1, 0.15) is 18.8 Å². The molecule has 0 bridgehead atoms. The van der Waals surface area contributed by atoms with Gasteiger partial charge < -0.3 is 20.3 Å². The molecule has 10 heteroatoms. The molecule has 2 heterocycles. The van der Waals surface area contributed by atoms with Crippen molar-refractivity contribution in [1.29, 1.82) is 0 Å². The molecule has 184 valence electrons. The number of methoxy groups -OCH3 is 1. The summed E-state index contributed by atoms with van der Waals surface area (Å²) in [5.74, 6) is 0.177. The summed E-state index contributed by atoms with van der Waals surface area (Å²) in [6, 6.07) is 13.4. The minimum absolute atomic E-state index is 0.146. The molecule has 1 fully saturated rings. The summed E-state index contributed by atoms with van der Waals surface area (Å²) in [6.45, 7) is 1.47. The zero-order chi connectivity index (χ0) is 24.8. The molecule has 0 radical (unpaired) electrons. The van der Waals surface area contributed by atoms with E-state index < -0.39 is 6.03 Å². The van der Waals surface area contributed by atoms with E-state index in [1.54, 1.807) is 55.6 Å². The molecule has 5 amide bonds. The summed E-state index contributed by atoms with van der Waals surface area (Å²) in [5.41, 5.74) is 1.60. The van der Waals surface area contributed by atoms with Crippen LogP contribution in [0.25, 0.3) is 0 Å². The normalized spacial score (nSPS) is 15.2. The third-order valence-corrected chi connectivity index (χ3v) is 6.04. The Labute approximate surface area is 203 Å². The van der Waals surface area contributed by atoms with Crippen LogP contribution in [-0.2, 0) is 14.4 Å². The molecule has 2 aliphatic heterocycles. The molecule has 0 atom stereocenters. The standard InChI is InChI=1S/C25H29N5O5/c1-35-19-11-9-18(10-12-19)27-25(34)30-17-24(33)29(20-6-2-3-7-21(20)30)16-22(31)26-13-5-15-28-14-4-8-23(28)32/h2-3,6-7,9-12H,4-5,8,13-17H2,1H3,(H,26,31)(H,27,34). The number of nitrogens with one attached hydrogen (secondary N) is 2. The van der Waals surface area contributed by atoms with Gasteiger partial charge in [-0.15, -0.1) is 0 Å². The number of likely N-dealkylation sites (tertiary alicyclic amines) is 1. The summed E-state index contributed by atoms with van der Waals surface area (Å²) < 4.78 is 5.13. The van der Waals surface area contributed by atoms with Crippen LogP contribution in [0.3, 0.4) is 0 Å². The number of hydrogen-bond donors (Lipinski definition) is 2. The highest BCUT2D eigenvalue weighted by Crippen LogP contribution is 2.33. The Kier molecular flexibility index (Phi) is 7.49. The monoisotopic (exact) mass is 479 g/mol. The largest absolute Gasteiger partial charge is 0.497 e. The van der Waals surface area contributed by atoms with E-state index in [1.807, 2.05) is 4.90 Å². The number of amides is 5. The molecule has 4 rings (SSSR count). The zero-order valence-electron chi connectivity index (χ0n) is 19.7. The molecule has 35 heavy (non-hydrogen) atoms.